The van der Waals surface area contributed by atoms with Gasteiger partial charge < -0.3 is 5.32 Å². The van der Waals surface area contributed by atoms with Crippen molar-refractivity contribution >= 4 is 25.6 Å². The molecule has 1 aliphatic carbocycles. The Balaban J connectivity index is 2.15. The fraction of sp³-hybridized carbons (Fsp3) is 0.364. The lowest BCUT2D eigenvalue weighted by molar-refractivity contribution is 0.0947. The molecule has 0 aromatic heterocycles. The minimum Gasteiger partial charge on any atom is -0.352 e. The van der Waals surface area contributed by atoms with Crippen molar-refractivity contribution in [1.29, 1.82) is 0 Å². The van der Waals surface area contributed by atoms with Crippen molar-refractivity contribution in [2.75, 3.05) is 6.54 Å². The molecule has 1 N–H and O–H groups in total. The fourth-order valence-corrected chi connectivity index (χ4v) is 2.25. The summed E-state index contributed by atoms with van der Waals surface area (Å²) in [6.45, 7) is 0.522. The van der Waals surface area contributed by atoms with Crippen LogP contribution in [-0.2, 0) is 9.05 Å². The maximum absolute atomic E-state index is 13.6. The number of carbonyl (C=O) groups excluding carboxylic acids is 1. The average molecular weight is 292 g/mol. The summed E-state index contributed by atoms with van der Waals surface area (Å²) in [7, 11) is 1.10. The summed E-state index contributed by atoms with van der Waals surface area (Å²) < 4.78 is 35.6. The van der Waals surface area contributed by atoms with Crippen LogP contribution >= 0.6 is 10.7 Å². The van der Waals surface area contributed by atoms with Crippen LogP contribution in [0.1, 0.15) is 23.2 Å². The Bertz CT molecular complexity index is 584. The summed E-state index contributed by atoms with van der Waals surface area (Å²) in [4.78, 5) is 11.3. The molecule has 1 aromatic rings. The van der Waals surface area contributed by atoms with Crippen LogP contribution in [0.2, 0.25) is 0 Å². The quantitative estimate of drug-likeness (QED) is 0.862. The molecule has 1 fully saturated rings. The highest BCUT2D eigenvalue weighted by molar-refractivity contribution is 8.13. The monoisotopic (exact) mass is 291 g/mol. The molecule has 18 heavy (non-hydrogen) atoms. The van der Waals surface area contributed by atoms with Gasteiger partial charge in [0.05, 0.1) is 10.5 Å². The lowest BCUT2D eigenvalue weighted by Gasteiger charge is -2.06. The highest BCUT2D eigenvalue weighted by atomic mass is 35.7. The Morgan fingerprint density at radius 2 is 2.11 bits per heavy atom. The lowest BCUT2D eigenvalue weighted by Crippen LogP contribution is -2.26. The van der Waals surface area contributed by atoms with Crippen molar-refractivity contribution in [2.24, 2.45) is 5.92 Å². The van der Waals surface area contributed by atoms with Gasteiger partial charge in [-0.2, -0.15) is 0 Å². The van der Waals surface area contributed by atoms with Gasteiger partial charge in [0.25, 0.3) is 15.0 Å². The van der Waals surface area contributed by atoms with Gasteiger partial charge in [0.2, 0.25) is 0 Å². The van der Waals surface area contributed by atoms with E-state index in [0.29, 0.717) is 12.5 Å². The van der Waals surface area contributed by atoms with Crippen molar-refractivity contribution < 1.29 is 17.6 Å². The van der Waals surface area contributed by atoms with Crippen LogP contribution in [0.5, 0.6) is 0 Å². The van der Waals surface area contributed by atoms with E-state index in [9.17, 15) is 17.6 Å². The first-order valence-corrected chi connectivity index (χ1v) is 7.71. The molecule has 0 radical (unpaired) electrons. The number of rotatable bonds is 4. The summed E-state index contributed by atoms with van der Waals surface area (Å²) in [5.41, 5.74) is -0.181. The fourth-order valence-electron chi connectivity index (χ4n) is 1.49. The van der Waals surface area contributed by atoms with Gasteiger partial charge in [-0.3, -0.25) is 4.79 Å². The zero-order valence-electron chi connectivity index (χ0n) is 9.32. The number of amides is 1. The molecule has 1 aromatic carbocycles. The zero-order chi connectivity index (χ0) is 13.3. The minimum absolute atomic E-state index is 0.181. The van der Waals surface area contributed by atoms with Crippen molar-refractivity contribution in [1.82, 2.24) is 5.32 Å². The van der Waals surface area contributed by atoms with E-state index in [4.69, 9.17) is 10.7 Å². The maximum atomic E-state index is 13.6. The number of benzene rings is 1. The first-order valence-electron chi connectivity index (χ1n) is 5.40. The molecule has 0 aliphatic heterocycles. The molecular weight excluding hydrogens is 281 g/mol. The molecule has 0 heterocycles. The molecule has 1 aliphatic rings. The molecule has 1 amide bonds. The van der Waals surface area contributed by atoms with Gasteiger partial charge in [-0.25, -0.2) is 12.8 Å². The second kappa shape index (κ2) is 4.85. The minimum atomic E-state index is -3.98. The number of hydrogen-bond donors (Lipinski definition) is 1. The van der Waals surface area contributed by atoms with Gasteiger partial charge >= 0.3 is 0 Å². The van der Waals surface area contributed by atoms with Crippen LogP contribution in [0.15, 0.2) is 23.1 Å². The predicted octanol–water partition coefficient (Wildman–Crippen LogP) is 1.89. The van der Waals surface area contributed by atoms with E-state index in [0.717, 1.165) is 31.0 Å². The third-order valence-electron chi connectivity index (χ3n) is 2.71. The SMILES string of the molecule is O=C(NCC1CC1)c1ccc(S(=O)(=O)Cl)cc1F. The molecule has 0 bridgehead atoms. The Kier molecular flexibility index (Phi) is 3.59. The normalized spacial score (nSPS) is 15.4. The van der Waals surface area contributed by atoms with Gasteiger partial charge in [-0.05, 0) is 37.0 Å². The Hall–Kier alpha value is -1.14. The van der Waals surface area contributed by atoms with Crippen LogP contribution in [0.3, 0.4) is 0 Å². The van der Waals surface area contributed by atoms with E-state index in [1.807, 2.05) is 0 Å². The molecule has 0 saturated heterocycles. The highest BCUT2D eigenvalue weighted by Crippen LogP contribution is 2.27. The third-order valence-corrected chi connectivity index (χ3v) is 4.07. The van der Waals surface area contributed by atoms with Gasteiger partial charge in [-0.15, -0.1) is 0 Å². The Labute approximate surface area is 109 Å². The smallest absolute Gasteiger partial charge is 0.261 e. The van der Waals surface area contributed by atoms with Crippen LogP contribution in [0.4, 0.5) is 4.39 Å². The van der Waals surface area contributed by atoms with Crippen LogP contribution in [0, 0.1) is 11.7 Å². The Morgan fingerprint density at radius 3 is 2.61 bits per heavy atom. The van der Waals surface area contributed by atoms with Crippen LogP contribution < -0.4 is 5.32 Å². The van der Waals surface area contributed by atoms with E-state index in [-0.39, 0.29) is 10.5 Å². The van der Waals surface area contributed by atoms with Crippen molar-refractivity contribution in [3.8, 4) is 0 Å². The van der Waals surface area contributed by atoms with Crippen molar-refractivity contribution in [3.05, 3.63) is 29.6 Å². The largest absolute Gasteiger partial charge is 0.352 e. The summed E-state index contributed by atoms with van der Waals surface area (Å²) >= 11 is 0. The van der Waals surface area contributed by atoms with Gasteiger partial charge in [0, 0.05) is 17.2 Å². The van der Waals surface area contributed by atoms with Crippen molar-refractivity contribution in [3.63, 3.8) is 0 Å². The van der Waals surface area contributed by atoms with E-state index in [1.165, 1.54) is 0 Å². The lowest BCUT2D eigenvalue weighted by atomic mass is 10.2. The third kappa shape index (κ3) is 3.20. The van der Waals surface area contributed by atoms with Gasteiger partial charge in [-0.1, -0.05) is 0 Å². The van der Waals surface area contributed by atoms with E-state index in [1.54, 1.807) is 0 Å². The molecule has 98 valence electrons. The van der Waals surface area contributed by atoms with E-state index in [2.05, 4.69) is 5.32 Å². The number of halogens is 2. The molecular formula is C11H11ClFNO3S. The van der Waals surface area contributed by atoms with Gasteiger partial charge in [0.1, 0.15) is 5.82 Å². The topological polar surface area (TPSA) is 63.2 Å². The number of carbonyl (C=O) groups is 1. The first kappa shape index (κ1) is 13.3. The number of hydrogen-bond acceptors (Lipinski definition) is 3. The standard InChI is InChI=1S/C11H11ClFNO3S/c12-18(16,17)8-3-4-9(10(13)5-8)11(15)14-6-7-1-2-7/h3-5,7H,1-2,6H2,(H,14,15). The summed E-state index contributed by atoms with van der Waals surface area (Å²) in [6, 6.07) is 2.97. The highest BCUT2D eigenvalue weighted by Gasteiger charge is 2.23. The molecule has 2 rings (SSSR count). The first-order chi connectivity index (χ1) is 8.38. The molecule has 7 heteroatoms. The summed E-state index contributed by atoms with van der Waals surface area (Å²) in [6.07, 6.45) is 2.15. The van der Waals surface area contributed by atoms with E-state index < -0.39 is 20.8 Å². The van der Waals surface area contributed by atoms with Gasteiger partial charge in [0.15, 0.2) is 0 Å². The molecule has 1 saturated carbocycles. The second-order valence-electron chi connectivity index (χ2n) is 4.23. The maximum Gasteiger partial charge on any atom is 0.261 e. The Morgan fingerprint density at radius 1 is 1.44 bits per heavy atom. The summed E-state index contributed by atoms with van der Waals surface area (Å²) in [5.74, 6) is -0.956. The predicted molar refractivity (Wildman–Crippen MR) is 64.5 cm³/mol. The zero-order valence-corrected chi connectivity index (χ0v) is 10.9. The molecule has 0 unspecified atom stereocenters. The average Bonchev–Trinajstić information content (AvgIpc) is 3.08. The van der Waals surface area contributed by atoms with Crippen molar-refractivity contribution in [2.45, 2.75) is 17.7 Å². The van der Waals surface area contributed by atoms with Crippen LogP contribution in [-0.4, -0.2) is 20.9 Å². The van der Waals surface area contributed by atoms with Crippen LogP contribution in [0.25, 0.3) is 0 Å². The summed E-state index contributed by atoms with van der Waals surface area (Å²) in [5, 5.41) is 2.60. The second-order valence-corrected chi connectivity index (χ2v) is 6.80. The molecule has 0 spiro atoms. The number of nitrogens with one attached hydrogen (secondary N) is 1. The van der Waals surface area contributed by atoms with E-state index >= 15 is 0 Å². The molecule has 0 atom stereocenters. The molecule has 4 nitrogen and oxygen atoms in total.